The Morgan fingerprint density at radius 3 is 1.52 bits per heavy atom. The molecule has 75 heavy (non-hydrogen) atoms. The summed E-state index contributed by atoms with van der Waals surface area (Å²) in [6, 6.07) is 39.6. The summed E-state index contributed by atoms with van der Waals surface area (Å²) in [5.74, 6) is -1.74. The highest BCUT2D eigenvalue weighted by Crippen LogP contribution is 2.33. The van der Waals surface area contributed by atoms with Crippen molar-refractivity contribution in [1.82, 2.24) is 40.9 Å². The van der Waals surface area contributed by atoms with Crippen LogP contribution in [0.3, 0.4) is 0 Å². The summed E-state index contributed by atoms with van der Waals surface area (Å²) < 4.78 is 6.15. The summed E-state index contributed by atoms with van der Waals surface area (Å²) in [5.41, 5.74) is 4.46. The molecule has 4 heterocycles. The summed E-state index contributed by atoms with van der Waals surface area (Å²) in [7, 11) is 1.63. The Morgan fingerprint density at radius 1 is 0.560 bits per heavy atom. The van der Waals surface area contributed by atoms with Crippen molar-refractivity contribution in [2.24, 2.45) is 0 Å². The van der Waals surface area contributed by atoms with Gasteiger partial charge in [0.15, 0.2) is 0 Å². The summed E-state index contributed by atoms with van der Waals surface area (Å²) >= 11 is 0. The van der Waals surface area contributed by atoms with Crippen LogP contribution in [0.1, 0.15) is 79.8 Å². The van der Waals surface area contributed by atoms with Gasteiger partial charge in [-0.15, -0.1) is 0 Å². The zero-order valence-corrected chi connectivity index (χ0v) is 42.1. The first-order valence-electron chi connectivity index (χ1n) is 25.7. The minimum Gasteiger partial charge on any atom is -0.343 e. The van der Waals surface area contributed by atoms with E-state index in [2.05, 4.69) is 31.9 Å². The fourth-order valence-corrected chi connectivity index (χ4v) is 10.5. The first-order chi connectivity index (χ1) is 36.4. The maximum absolute atomic E-state index is 14.7. The van der Waals surface area contributed by atoms with Crippen molar-refractivity contribution in [1.29, 1.82) is 0 Å². The largest absolute Gasteiger partial charge is 0.343 e. The number of carbonyl (C=O) groups excluding carboxylic acids is 7. The zero-order chi connectivity index (χ0) is 52.4. The predicted octanol–water partition coefficient (Wildman–Crippen LogP) is 5.72. The van der Waals surface area contributed by atoms with Gasteiger partial charge in [-0.2, -0.15) is 0 Å². The number of likely N-dealkylation sites (N-methyl/N-ethyl adjacent to an activating group) is 1. The SMILES string of the molecule is CN[C@@H](C)C(=O)N[C@H]1CN(C(=O)Nc2ccc(NC(=O)N3CCC(=O)N4[C@H](CC[C@H]4C(=O)NC(c4ccccc4)c4ccccc4)OC3)cc2)CC[C@H]2CC[C@@H](C(=O)NC(c3ccccc3)c3ccccc3)N2C1=O. The van der Waals surface area contributed by atoms with Gasteiger partial charge in [-0.25, -0.2) is 9.59 Å². The highest BCUT2D eigenvalue weighted by atomic mass is 16.5. The normalized spacial score (nSPS) is 21.2. The van der Waals surface area contributed by atoms with Crippen LogP contribution in [0.5, 0.6) is 0 Å². The quantitative estimate of drug-likeness (QED) is 0.0851. The first kappa shape index (κ1) is 51.8. The maximum atomic E-state index is 14.7. The number of benzene rings is 5. The number of rotatable bonds is 13. The fraction of sp³-hybridized carbons (Fsp3) is 0.351. The van der Waals surface area contributed by atoms with Gasteiger partial charge in [0.1, 0.15) is 31.1 Å². The average molecular weight is 1020 g/mol. The lowest BCUT2D eigenvalue weighted by Gasteiger charge is -2.39. The zero-order valence-electron chi connectivity index (χ0n) is 42.1. The summed E-state index contributed by atoms with van der Waals surface area (Å²) in [4.78, 5) is 104. The van der Waals surface area contributed by atoms with Gasteiger partial charge in [-0.1, -0.05) is 121 Å². The summed E-state index contributed by atoms with van der Waals surface area (Å²) in [5, 5.41) is 17.9. The molecule has 4 fully saturated rings. The molecule has 4 saturated heterocycles. The van der Waals surface area contributed by atoms with E-state index >= 15 is 0 Å². The molecule has 6 N–H and O–H groups in total. The lowest BCUT2D eigenvalue weighted by molar-refractivity contribution is -0.158. The Balaban J connectivity index is 0.806. The lowest BCUT2D eigenvalue weighted by atomic mass is 9.98. The van der Waals surface area contributed by atoms with Gasteiger partial charge in [0, 0.05) is 36.9 Å². The number of hydrogen-bond donors (Lipinski definition) is 6. The molecular formula is C57H64N10O8. The monoisotopic (exact) mass is 1020 g/mol. The van der Waals surface area contributed by atoms with Crippen molar-refractivity contribution in [2.45, 2.75) is 94.0 Å². The molecule has 5 aromatic carbocycles. The van der Waals surface area contributed by atoms with E-state index in [1.807, 2.05) is 121 Å². The van der Waals surface area contributed by atoms with Crippen LogP contribution >= 0.6 is 0 Å². The van der Waals surface area contributed by atoms with Crippen LogP contribution in [0.25, 0.3) is 0 Å². The van der Waals surface area contributed by atoms with Crippen LogP contribution in [0.15, 0.2) is 146 Å². The van der Waals surface area contributed by atoms with Crippen molar-refractivity contribution < 1.29 is 38.3 Å². The average Bonchev–Trinajstić information content (AvgIpc) is 4.07. The van der Waals surface area contributed by atoms with E-state index in [4.69, 9.17) is 4.74 Å². The maximum Gasteiger partial charge on any atom is 0.323 e. The molecule has 390 valence electrons. The molecule has 18 heteroatoms. The molecule has 0 aliphatic carbocycles. The first-order valence-corrected chi connectivity index (χ1v) is 25.7. The molecule has 0 aromatic heterocycles. The van der Waals surface area contributed by atoms with Gasteiger partial charge in [-0.05, 0) is 92.6 Å². The number of amides is 9. The highest BCUT2D eigenvalue weighted by molar-refractivity contribution is 5.96. The van der Waals surface area contributed by atoms with Gasteiger partial charge >= 0.3 is 12.1 Å². The van der Waals surface area contributed by atoms with Crippen molar-refractivity contribution in [3.63, 3.8) is 0 Å². The number of hydrogen-bond acceptors (Lipinski definition) is 9. The second-order valence-electron chi connectivity index (χ2n) is 19.4. The third-order valence-corrected chi connectivity index (χ3v) is 14.6. The van der Waals surface area contributed by atoms with Crippen LogP contribution in [0, 0.1) is 0 Å². The van der Waals surface area contributed by atoms with E-state index in [-0.39, 0.29) is 56.5 Å². The smallest absolute Gasteiger partial charge is 0.323 e. The third kappa shape index (κ3) is 12.1. The molecule has 18 nitrogen and oxygen atoms in total. The molecule has 6 atom stereocenters. The van der Waals surface area contributed by atoms with Crippen molar-refractivity contribution in [2.75, 3.05) is 44.0 Å². The number of ether oxygens (including phenoxy) is 1. The van der Waals surface area contributed by atoms with Gasteiger partial charge in [0.2, 0.25) is 29.5 Å². The second-order valence-corrected chi connectivity index (χ2v) is 19.4. The Bertz CT molecular complexity index is 2730. The molecule has 0 bridgehead atoms. The number of carbonyl (C=O) groups is 7. The van der Waals surface area contributed by atoms with E-state index in [0.717, 1.165) is 22.3 Å². The summed E-state index contributed by atoms with van der Waals surface area (Å²) in [6.07, 6.45) is 1.49. The van der Waals surface area contributed by atoms with E-state index in [0.29, 0.717) is 43.5 Å². The topological polar surface area (TPSA) is 214 Å². The molecule has 0 unspecified atom stereocenters. The van der Waals surface area contributed by atoms with E-state index < -0.39 is 66.4 Å². The van der Waals surface area contributed by atoms with Crippen LogP contribution in [0.4, 0.5) is 21.0 Å². The number of nitrogens with zero attached hydrogens (tertiary/aromatic N) is 4. The fourth-order valence-electron chi connectivity index (χ4n) is 10.5. The van der Waals surface area contributed by atoms with Crippen molar-refractivity contribution >= 4 is 53.0 Å². The van der Waals surface area contributed by atoms with Gasteiger partial charge < -0.3 is 56.2 Å². The Morgan fingerprint density at radius 2 is 1.03 bits per heavy atom. The minimum absolute atomic E-state index is 0.0113. The van der Waals surface area contributed by atoms with Crippen LogP contribution in [0.2, 0.25) is 0 Å². The molecular weight excluding hydrogens is 953 g/mol. The van der Waals surface area contributed by atoms with Crippen molar-refractivity contribution in [3.05, 3.63) is 168 Å². The molecule has 0 spiro atoms. The van der Waals surface area contributed by atoms with Gasteiger partial charge in [0.05, 0.1) is 24.7 Å². The number of urea groups is 2. The molecule has 4 aliphatic rings. The molecule has 0 saturated carbocycles. The summed E-state index contributed by atoms with van der Waals surface area (Å²) in [6.45, 7) is 1.70. The van der Waals surface area contributed by atoms with E-state index in [9.17, 15) is 33.6 Å². The standard InChI is InChI=1S/C57H64N10O8/c1-37(58-2)52(69)61-45-35-64(33-31-44-27-28-46(66(44)55(45)72)53(70)62-50(38-15-7-3-8-16-38)39-17-9-4-10-18-39)56(73)59-42-23-25-43(26-24-42)60-57(74)65-34-32-48(68)67-47(29-30-49(67)75-36-65)54(71)63-51(40-19-11-5-12-20-40)41-21-13-6-14-22-41/h3-26,37,44-47,49-51,58H,27-36H2,1-2H3,(H,59,73)(H,60,74)(H,61,69)(H,62,70)(H,63,71)/t37-,44+,45-,46-,47-,49-/m0/s1. The Labute approximate surface area is 436 Å². The van der Waals surface area contributed by atoms with Crippen LogP contribution < -0.4 is 31.9 Å². The second kappa shape index (κ2) is 23.8. The minimum atomic E-state index is -1.15. The van der Waals surface area contributed by atoms with Crippen LogP contribution in [-0.2, 0) is 28.7 Å². The Kier molecular flexibility index (Phi) is 16.5. The molecule has 5 aromatic rings. The van der Waals surface area contributed by atoms with E-state index in [1.165, 1.54) is 14.7 Å². The van der Waals surface area contributed by atoms with E-state index in [1.54, 1.807) is 43.1 Å². The lowest BCUT2D eigenvalue weighted by Crippen LogP contribution is -2.62. The molecule has 9 amide bonds. The van der Waals surface area contributed by atoms with Crippen molar-refractivity contribution in [3.8, 4) is 0 Å². The number of anilines is 2. The van der Waals surface area contributed by atoms with Gasteiger partial charge in [0.25, 0.3) is 0 Å². The number of nitrogens with one attached hydrogen (secondary N) is 6. The number of fused-ring (bicyclic) bond motifs is 2. The third-order valence-electron chi connectivity index (χ3n) is 14.6. The van der Waals surface area contributed by atoms with Gasteiger partial charge in [-0.3, -0.25) is 24.0 Å². The highest BCUT2D eigenvalue weighted by Gasteiger charge is 2.47. The molecule has 9 rings (SSSR count). The predicted molar refractivity (Wildman–Crippen MR) is 281 cm³/mol. The molecule has 0 radical (unpaired) electrons. The van der Waals surface area contributed by atoms with Crippen LogP contribution in [-0.4, -0.2) is 131 Å². The molecule has 4 aliphatic heterocycles. The Hall–Kier alpha value is -8.09.